The lowest BCUT2D eigenvalue weighted by Crippen LogP contribution is -2.35. The van der Waals surface area contributed by atoms with E-state index >= 15 is 0 Å². The molecule has 0 aliphatic carbocycles. The number of ether oxygens (including phenoxy) is 3. The van der Waals surface area contributed by atoms with Gasteiger partial charge in [-0.1, -0.05) is 48.5 Å². The fraction of sp³-hybridized carbons (Fsp3) is 0.208. The van der Waals surface area contributed by atoms with E-state index < -0.39 is 0 Å². The molecule has 3 aromatic rings. The van der Waals surface area contributed by atoms with Crippen LogP contribution in [0.2, 0.25) is 0 Å². The van der Waals surface area contributed by atoms with Crippen molar-refractivity contribution in [2.45, 2.75) is 19.1 Å². The summed E-state index contributed by atoms with van der Waals surface area (Å²) in [5.41, 5.74) is 2.12. The van der Waals surface area contributed by atoms with E-state index in [0.29, 0.717) is 19.0 Å². The molecule has 4 rings (SSSR count). The summed E-state index contributed by atoms with van der Waals surface area (Å²) in [6, 6.07) is 25.0. The first-order chi connectivity index (χ1) is 14.3. The Hall–Kier alpha value is -3.47. The topological polar surface area (TPSA) is 56.8 Å². The summed E-state index contributed by atoms with van der Waals surface area (Å²) in [5.74, 6) is 2.05. The molecule has 0 bridgehead atoms. The van der Waals surface area contributed by atoms with E-state index in [4.69, 9.17) is 14.2 Å². The SMILES string of the molecule is O=C(COc1ccc(OCc2ccccc2)cc1)NC1CCOc2ccccc21. The number of amides is 1. The van der Waals surface area contributed by atoms with Crippen molar-refractivity contribution in [1.29, 1.82) is 0 Å². The summed E-state index contributed by atoms with van der Waals surface area (Å²) in [6.07, 6.45) is 0.746. The predicted molar refractivity (Wildman–Crippen MR) is 110 cm³/mol. The van der Waals surface area contributed by atoms with Crippen LogP contribution in [0.15, 0.2) is 78.9 Å². The van der Waals surface area contributed by atoms with Gasteiger partial charge < -0.3 is 19.5 Å². The standard InChI is InChI=1S/C24H23NO4/c26-24(25-22-14-15-27-23-9-5-4-8-21(22)23)17-29-20-12-10-19(11-13-20)28-16-18-6-2-1-3-7-18/h1-13,22H,14-17H2,(H,25,26). The molecule has 1 atom stereocenters. The second-order valence-corrected chi connectivity index (χ2v) is 6.83. The number of fused-ring (bicyclic) bond motifs is 1. The van der Waals surface area contributed by atoms with Crippen LogP contribution < -0.4 is 19.5 Å². The first kappa shape index (κ1) is 18.9. The molecule has 1 N–H and O–H groups in total. The summed E-state index contributed by atoms with van der Waals surface area (Å²) in [4.78, 5) is 12.3. The van der Waals surface area contributed by atoms with E-state index in [1.807, 2.05) is 66.7 Å². The molecule has 29 heavy (non-hydrogen) atoms. The second-order valence-electron chi connectivity index (χ2n) is 6.83. The summed E-state index contributed by atoms with van der Waals surface area (Å²) < 4.78 is 17.0. The van der Waals surface area contributed by atoms with Crippen molar-refractivity contribution < 1.29 is 19.0 Å². The molecular weight excluding hydrogens is 366 g/mol. The number of carbonyl (C=O) groups excluding carboxylic acids is 1. The summed E-state index contributed by atoms with van der Waals surface area (Å²) in [6.45, 7) is 1.06. The maximum atomic E-state index is 12.3. The molecule has 1 unspecified atom stereocenters. The van der Waals surface area contributed by atoms with Crippen LogP contribution in [0, 0.1) is 0 Å². The van der Waals surface area contributed by atoms with Gasteiger partial charge in [-0.15, -0.1) is 0 Å². The van der Waals surface area contributed by atoms with Gasteiger partial charge >= 0.3 is 0 Å². The minimum atomic E-state index is -0.156. The molecule has 5 heteroatoms. The Morgan fingerprint density at radius 3 is 2.38 bits per heavy atom. The smallest absolute Gasteiger partial charge is 0.258 e. The zero-order chi connectivity index (χ0) is 19.9. The fourth-order valence-electron chi connectivity index (χ4n) is 3.25. The molecule has 0 saturated carbocycles. The highest BCUT2D eigenvalue weighted by Gasteiger charge is 2.22. The van der Waals surface area contributed by atoms with Crippen molar-refractivity contribution in [3.63, 3.8) is 0 Å². The molecular formula is C24H23NO4. The van der Waals surface area contributed by atoms with Crippen molar-refractivity contribution in [3.8, 4) is 17.2 Å². The van der Waals surface area contributed by atoms with Gasteiger partial charge in [-0.25, -0.2) is 0 Å². The first-order valence-corrected chi connectivity index (χ1v) is 9.68. The number of rotatable bonds is 7. The molecule has 1 aliphatic heterocycles. The molecule has 0 spiro atoms. The molecule has 0 saturated heterocycles. The second kappa shape index (κ2) is 9.15. The van der Waals surface area contributed by atoms with E-state index in [0.717, 1.165) is 29.0 Å². The molecule has 5 nitrogen and oxygen atoms in total. The Balaban J connectivity index is 1.25. The number of carbonyl (C=O) groups is 1. The Kier molecular flexibility index (Phi) is 5.95. The number of hydrogen-bond acceptors (Lipinski definition) is 4. The Bertz CT molecular complexity index is 941. The average molecular weight is 389 g/mol. The molecule has 3 aromatic carbocycles. The average Bonchev–Trinajstić information content (AvgIpc) is 2.78. The van der Waals surface area contributed by atoms with E-state index in [-0.39, 0.29) is 18.6 Å². The van der Waals surface area contributed by atoms with Crippen LogP contribution in [-0.2, 0) is 11.4 Å². The third kappa shape index (κ3) is 5.08. The fourth-order valence-corrected chi connectivity index (χ4v) is 3.25. The van der Waals surface area contributed by atoms with Crippen LogP contribution >= 0.6 is 0 Å². The maximum Gasteiger partial charge on any atom is 0.258 e. The van der Waals surface area contributed by atoms with Crippen molar-refractivity contribution in [2.24, 2.45) is 0 Å². The van der Waals surface area contributed by atoms with Gasteiger partial charge in [-0.2, -0.15) is 0 Å². The molecule has 0 radical (unpaired) electrons. The van der Waals surface area contributed by atoms with Gasteiger partial charge in [0.2, 0.25) is 0 Å². The van der Waals surface area contributed by atoms with Crippen LogP contribution in [0.3, 0.4) is 0 Å². The van der Waals surface area contributed by atoms with E-state index in [1.54, 1.807) is 12.1 Å². The number of nitrogens with one attached hydrogen (secondary N) is 1. The van der Waals surface area contributed by atoms with Crippen molar-refractivity contribution in [3.05, 3.63) is 90.0 Å². The van der Waals surface area contributed by atoms with Crippen molar-refractivity contribution in [2.75, 3.05) is 13.2 Å². The number of benzene rings is 3. The highest BCUT2D eigenvalue weighted by molar-refractivity contribution is 5.78. The molecule has 148 valence electrons. The van der Waals surface area contributed by atoms with Gasteiger partial charge in [-0.3, -0.25) is 4.79 Å². The van der Waals surface area contributed by atoms with Gasteiger partial charge in [0.05, 0.1) is 12.6 Å². The normalized spacial score (nSPS) is 15.0. The van der Waals surface area contributed by atoms with Crippen LogP contribution in [-0.4, -0.2) is 19.1 Å². The molecule has 0 fully saturated rings. The van der Waals surface area contributed by atoms with Crippen molar-refractivity contribution >= 4 is 5.91 Å². The minimum absolute atomic E-state index is 0.0380. The van der Waals surface area contributed by atoms with Gasteiger partial charge in [0.25, 0.3) is 5.91 Å². The molecule has 0 aromatic heterocycles. The van der Waals surface area contributed by atoms with Gasteiger partial charge in [0.1, 0.15) is 23.9 Å². The van der Waals surface area contributed by atoms with Gasteiger partial charge in [0, 0.05) is 12.0 Å². The lowest BCUT2D eigenvalue weighted by Gasteiger charge is -2.26. The Morgan fingerprint density at radius 2 is 1.59 bits per heavy atom. The van der Waals surface area contributed by atoms with Gasteiger partial charge in [-0.05, 0) is 35.9 Å². The zero-order valence-electron chi connectivity index (χ0n) is 16.0. The van der Waals surface area contributed by atoms with E-state index in [2.05, 4.69) is 5.32 Å². The number of hydrogen-bond donors (Lipinski definition) is 1. The van der Waals surface area contributed by atoms with Crippen LogP contribution in [0.1, 0.15) is 23.6 Å². The lowest BCUT2D eigenvalue weighted by atomic mass is 10.0. The highest BCUT2D eigenvalue weighted by atomic mass is 16.5. The summed E-state index contributed by atoms with van der Waals surface area (Å²) in [5, 5.41) is 3.03. The predicted octanol–water partition coefficient (Wildman–Crippen LogP) is 4.28. The zero-order valence-corrected chi connectivity index (χ0v) is 16.0. The van der Waals surface area contributed by atoms with Crippen LogP contribution in [0.5, 0.6) is 17.2 Å². The van der Waals surface area contributed by atoms with E-state index in [1.165, 1.54) is 0 Å². The summed E-state index contributed by atoms with van der Waals surface area (Å²) >= 11 is 0. The third-order valence-corrected chi connectivity index (χ3v) is 4.74. The van der Waals surface area contributed by atoms with Crippen LogP contribution in [0.4, 0.5) is 0 Å². The maximum absolute atomic E-state index is 12.3. The highest BCUT2D eigenvalue weighted by Crippen LogP contribution is 2.31. The lowest BCUT2D eigenvalue weighted by molar-refractivity contribution is -0.124. The summed E-state index contributed by atoms with van der Waals surface area (Å²) in [7, 11) is 0. The first-order valence-electron chi connectivity index (χ1n) is 9.68. The minimum Gasteiger partial charge on any atom is -0.493 e. The third-order valence-electron chi connectivity index (χ3n) is 4.74. The monoisotopic (exact) mass is 389 g/mol. The quantitative estimate of drug-likeness (QED) is 0.655. The Morgan fingerprint density at radius 1 is 0.897 bits per heavy atom. The molecule has 1 aliphatic rings. The largest absolute Gasteiger partial charge is 0.493 e. The number of para-hydroxylation sites is 1. The Labute approximate surface area is 170 Å². The molecule has 1 amide bonds. The molecule has 1 heterocycles. The van der Waals surface area contributed by atoms with Crippen LogP contribution in [0.25, 0.3) is 0 Å². The van der Waals surface area contributed by atoms with E-state index in [9.17, 15) is 4.79 Å². The van der Waals surface area contributed by atoms with Gasteiger partial charge in [0.15, 0.2) is 6.61 Å². The van der Waals surface area contributed by atoms with Crippen molar-refractivity contribution in [1.82, 2.24) is 5.32 Å².